The lowest BCUT2D eigenvalue weighted by Crippen LogP contribution is -2.32. The molecule has 0 N–H and O–H groups in total. The summed E-state index contributed by atoms with van der Waals surface area (Å²) in [5.41, 5.74) is 1.26. The normalized spacial score (nSPS) is 15.5. The zero-order valence-corrected chi connectivity index (χ0v) is 18.7. The minimum Gasteiger partial charge on any atom is -0.493 e. The smallest absolute Gasteiger partial charge is 0.290 e. The first kappa shape index (κ1) is 21.9. The molecule has 1 aliphatic rings. The van der Waals surface area contributed by atoms with Crippen molar-refractivity contribution in [1.29, 1.82) is 0 Å². The fraction of sp³-hybridized carbons (Fsp3) is 0.360. The summed E-state index contributed by atoms with van der Waals surface area (Å²) in [5.74, 6) is 1.27. The maximum absolute atomic E-state index is 13.4. The number of para-hydroxylation sites is 1. The van der Waals surface area contributed by atoms with Crippen molar-refractivity contribution in [2.75, 3.05) is 34.0 Å². The average molecular weight is 437 g/mol. The van der Waals surface area contributed by atoms with Gasteiger partial charge < -0.3 is 23.5 Å². The van der Waals surface area contributed by atoms with E-state index >= 15 is 0 Å². The molecule has 0 bridgehead atoms. The van der Waals surface area contributed by atoms with Crippen LogP contribution in [0, 0.1) is 5.92 Å². The van der Waals surface area contributed by atoms with E-state index in [-0.39, 0.29) is 17.1 Å². The maximum atomic E-state index is 13.4. The molecule has 1 unspecified atom stereocenters. The van der Waals surface area contributed by atoms with E-state index in [1.807, 2.05) is 18.2 Å². The second-order valence-electron chi connectivity index (χ2n) is 8.18. The van der Waals surface area contributed by atoms with E-state index in [1.54, 1.807) is 43.4 Å². The summed E-state index contributed by atoms with van der Waals surface area (Å²) >= 11 is 0. The van der Waals surface area contributed by atoms with Crippen molar-refractivity contribution < 1.29 is 23.4 Å². The molecule has 0 fully saturated rings. The molecule has 1 aromatic heterocycles. The Morgan fingerprint density at radius 2 is 1.84 bits per heavy atom. The van der Waals surface area contributed by atoms with Crippen molar-refractivity contribution in [2.45, 2.75) is 19.9 Å². The number of rotatable bonds is 8. The fourth-order valence-corrected chi connectivity index (χ4v) is 3.96. The van der Waals surface area contributed by atoms with Crippen LogP contribution in [0.25, 0.3) is 11.0 Å². The third-order valence-corrected chi connectivity index (χ3v) is 5.49. The number of nitrogens with zero attached hydrogens (tertiary/aromatic N) is 1. The van der Waals surface area contributed by atoms with Gasteiger partial charge in [-0.2, -0.15) is 0 Å². The molecule has 7 nitrogen and oxygen atoms in total. The lowest BCUT2D eigenvalue weighted by molar-refractivity contribution is 0.0663. The maximum Gasteiger partial charge on any atom is 0.290 e. The number of carbonyl (C=O) groups is 1. The second-order valence-corrected chi connectivity index (χ2v) is 8.18. The Morgan fingerprint density at radius 1 is 1.06 bits per heavy atom. The summed E-state index contributed by atoms with van der Waals surface area (Å²) in [6.45, 7) is 5.33. The number of ether oxygens (including phenoxy) is 3. The van der Waals surface area contributed by atoms with Gasteiger partial charge in [0.15, 0.2) is 16.9 Å². The minimum absolute atomic E-state index is 0.0777. The molecule has 7 heteroatoms. The summed E-state index contributed by atoms with van der Waals surface area (Å²) in [6, 6.07) is 11.8. The van der Waals surface area contributed by atoms with Gasteiger partial charge in [0, 0.05) is 13.7 Å². The number of methoxy groups -OCH3 is 2. The molecule has 1 aliphatic heterocycles. The predicted octanol–water partition coefficient (Wildman–Crippen LogP) is 4.03. The predicted molar refractivity (Wildman–Crippen MR) is 121 cm³/mol. The van der Waals surface area contributed by atoms with Gasteiger partial charge in [-0.25, -0.2) is 0 Å². The Balaban J connectivity index is 1.85. The van der Waals surface area contributed by atoms with Gasteiger partial charge in [0.25, 0.3) is 5.91 Å². The molecule has 0 spiro atoms. The lowest BCUT2D eigenvalue weighted by Gasteiger charge is -2.25. The minimum atomic E-state index is -0.610. The Kier molecular flexibility index (Phi) is 6.19. The largest absolute Gasteiger partial charge is 0.493 e. The molecular formula is C25H27NO6. The Hall–Kier alpha value is -3.32. The van der Waals surface area contributed by atoms with E-state index in [2.05, 4.69) is 13.8 Å². The van der Waals surface area contributed by atoms with Crippen LogP contribution >= 0.6 is 0 Å². The van der Waals surface area contributed by atoms with E-state index in [1.165, 1.54) is 0 Å². The van der Waals surface area contributed by atoms with Crippen LogP contribution in [0.1, 0.15) is 41.6 Å². The van der Waals surface area contributed by atoms with Gasteiger partial charge in [-0.15, -0.1) is 0 Å². The van der Waals surface area contributed by atoms with Crippen LogP contribution in [-0.4, -0.2) is 44.8 Å². The van der Waals surface area contributed by atoms with Crippen molar-refractivity contribution in [2.24, 2.45) is 5.92 Å². The van der Waals surface area contributed by atoms with Crippen LogP contribution in [0.2, 0.25) is 0 Å². The molecule has 2 heterocycles. The molecule has 0 aliphatic carbocycles. The van der Waals surface area contributed by atoms with Gasteiger partial charge in [0.2, 0.25) is 5.76 Å². The monoisotopic (exact) mass is 437 g/mol. The average Bonchev–Trinajstić information content (AvgIpc) is 3.08. The number of amides is 1. The molecule has 168 valence electrons. The van der Waals surface area contributed by atoms with Gasteiger partial charge in [-0.3, -0.25) is 9.59 Å². The van der Waals surface area contributed by atoms with Crippen molar-refractivity contribution in [3.8, 4) is 11.5 Å². The SMILES string of the molecule is COCCN1C(=O)c2oc3ccccc3c(=O)c2C1c1ccc(OCC(C)C)c(OC)c1. The first-order chi connectivity index (χ1) is 15.5. The molecule has 1 amide bonds. The van der Waals surface area contributed by atoms with Crippen LogP contribution in [0.3, 0.4) is 0 Å². The summed E-state index contributed by atoms with van der Waals surface area (Å²) in [5, 5.41) is 0.446. The number of fused-ring (bicyclic) bond motifs is 2. The standard InChI is InChI=1S/C25H27NO6/c1-15(2)14-31-19-10-9-16(13-20(19)30-4)22-21-23(27)17-7-5-6-8-18(17)32-24(21)25(28)26(22)11-12-29-3/h5-10,13,15,22H,11-12,14H2,1-4H3. The quantitative estimate of drug-likeness (QED) is 0.530. The van der Waals surface area contributed by atoms with Crippen LogP contribution in [0.4, 0.5) is 0 Å². The summed E-state index contributed by atoms with van der Waals surface area (Å²) < 4.78 is 22.6. The van der Waals surface area contributed by atoms with Gasteiger partial charge >= 0.3 is 0 Å². The highest BCUT2D eigenvalue weighted by atomic mass is 16.5. The Morgan fingerprint density at radius 3 is 2.56 bits per heavy atom. The van der Waals surface area contributed by atoms with E-state index in [0.717, 1.165) is 5.56 Å². The van der Waals surface area contributed by atoms with Crippen LogP contribution < -0.4 is 14.9 Å². The molecule has 0 saturated heterocycles. The number of hydrogen-bond acceptors (Lipinski definition) is 6. The molecule has 2 aromatic carbocycles. The number of carbonyl (C=O) groups excluding carboxylic acids is 1. The molecule has 3 aromatic rings. The topological polar surface area (TPSA) is 78.2 Å². The summed E-state index contributed by atoms with van der Waals surface area (Å²) in [7, 11) is 3.14. The van der Waals surface area contributed by atoms with Gasteiger partial charge in [0.05, 0.1) is 37.3 Å². The van der Waals surface area contributed by atoms with Crippen LogP contribution in [-0.2, 0) is 4.74 Å². The van der Waals surface area contributed by atoms with Gasteiger partial charge in [0.1, 0.15) is 5.58 Å². The van der Waals surface area contributed by atoms with Crippen LogP contribution in [0.5, 0.6) is 11.5 Å². The highest BCUT2D eigenvalue weighted by Crippen LogP contribution is 2.40. The number of hydrogen-bond donors (Lipinski definition) is 0. The second kappa shape index (κ2) is 9.04. The molecule has 1 atom stereocenters. The van der Waals surface area contributed by atoms with Crippen molar-refractivity contribution in [1.82, 2.24) is 4.90 Å². The number of benzene rings is 2. The Labute approximate surface area is 186 Å². The molecular weight excluding hydrogens is 410 g/mol. The van der Waals surface area contributed by atoms with E-state index < -0.39 is 6.04 Å². The third kappa shape index (κ3) is 3.84. The first-order valence-corrected chi connectivity index (χ1v) is 10.6. The van der Waals surface area contributed by atoms with E-state index in [9.17, 15) is 9.59 Å². The zero-order chi connectivity index (χ0) is 22.8. The van der Waals surface area contributed by atoms with Crippen molar-refractivity contribution in [3.05, 3.63) is 69.6 Å². The van der Waals surface area contributed by atoms with Gasteiger partial charge in [-0.1, -0.05) is 32.0 Å². The highest BCUT2D eigenvalue weighted by molar-refractivity contribution is 5.99. The molecule has 0 radical (unpaired) electrons. The van der Waals surface area contributed by atoms with Crippen LogP contribution in [0.15, 0.2) is 51.7 Å². The summed E-state index contributed by atoms with van der Waals surface area (Å²) in [6.07, 6.45) is 0. The molecule has 32 heavy (non-hydrogen) atoms. The highest BCUT2D eigenvalue weighted by Gasteiger charge is 2.42. The zero-order valence-electron chi connectivity index (χ0n) is 18.7. The van der Waals surface area contributed by atoms with Gasteiger partial charge in [-0.05, 0) is 35.7 Å². The molecule has 0 saturated carbocycles. The van der Waals surface area contributed by atoms with Crippen molar-refractivity contribution >= 4 is 16.9 Å². The first-order valence-electron chi connectivity index (χ1n) is 10.6. The van der Waals surface area contributed by atoms with E-state index in [0.29, 0.717) is 53.7 Å². The fourth-order valence-electron chi connectivity index (χ4n) is 3.96. The lowest BCUT2D eigenvalue weighted by atomic mass is 9.98. The van der Waals surface area contributed by atoms with Crippen molar-refractivity contribution in [3.63, 3.8) is 0 Å². The Bertz CT molecular complexity index is 1200. The third-order valence-electron chi connectivity index (χ3n) is 5.49. The summed E-state index contributed by atoms with van der Waals surface area (Å²) in [4.78, 5) is 28.3. The van der Waals surface area contributed by atoms with E-state index in [4.69, 9.17) is 18.6 Å². The molecule has 4 rings (SSSR count).